The molecule has 6 nitrogen and oxygen atoms in total. The minimum absolute atomic E-state index is 0.0474. The highest BCUT2D eigenvalue weighted by atomic mass is 16.7. The SMILES string of the molecule is COCCCN(C)C(C)C(=O)Nc1ccc2c(c1)OCO2. The highest BCUT2D eigenvalue weighted by molar-refractivity contribution is 5.94. The molecule has 1 aliphatic rings. The minimum atomic E-state index is -0.215. The van der Waals surface area contributed by atoms with Crippen LogP contribution >= 0.6 is 0 Å². The Morgan fingerprint density at radius 2 is 2.19 bits per heavy atom. The number of methoxy groups -OCH3 is 1. The molecule has 1 atom stereocenters. The van der Waals surface area contributed by atoms with Crippen LogP contribution in [0.2, 0.25) is 0 Å². The maximum atomic E-state index is 12.2. The first-order valence-electron chi connectivity index (χ1n) is 7.01. The number of nitrogens with one attached hydrogen (secondary N) is 1. The lowest BCUT2D eigenvalue weighted by Crippen LogP contribution is -2.40. The van der Waals surface area contributed by atoms with Gasteiger partial charge in [0.1, 0.15) is 0 Å². The molecule has 0 radical (unpaired) electrons. The fourth-order valence-electron chi connectivity index (χ4n) is 2.07. The molecule has 1 unspecified atom stereocenters. The van der Waals surface area contributed by atoms with Gasteiger partial charge in [-0.25, -0.2) is 0 Å². The summed E-state index contributed by atoms with van der Waals surface area (Å²) in [5, 5.41) is 2.90. The van der Waals surface area contributed by atoms with Crippen LogP contribution in [0.4, 0.5) is 5.69 Å². The largest absolute Gasteiger partial charge is 0.454 e. The topological polar surface area (TPSA) is 60.0 Å². The predicted octanol–water partition coefficient (Wildman–Crippen LogP) is 1.71. The van der Waals surface area contributed by atoms with Gasteiger partial charge in [0.05, 0.1) is 6.04 Å². The first kappa shape index (κ1) is 15.6. The fourth-order valence-corrected chi connectivity index (χ4v) is 2.07. The zero-order chi connectivity index (χ0) is 15.2. The van der Waals surface area contributed by atoms with Crippen molar-refractivity contribution in [3.8, 4) is 11.5 Å². The van der Waals surface area contributed by atoms with E-state index in [4.69, 9.17) is 14.2 Å². The third-order valence-corrected chi connectivity index (χ3v) is 3.54. The van der Waals surface area contributed by atoms with Crippen molar-refractivity contribution >= 4 is 11.6 Å². The zero-order valence-corrected chi connectivity index (χ0v) is 12.7. The molecule has 21 heavy (non-hydrogen) atoms. The van der Waals surface area contributed by atoms with Crippen LogP contribution < -0.4 is 14.8 Å². The minimum Gasteiger partial charge on any atom is -0.454 e. The lowest BCUT2D eigenvalue weighted by atomic mass is 10.2. The summed E-state index contributed by atoms with van der Waals surface area (Å²) >= 11 is 0. The van der Waals surface area contributed by atoms with Crippen LogP contribution in [-0.4, -0.2) is 51.0 Å². The van der Waals surface area contributed by atoms with E-state index in [0.29, 0.717) is 23.8 Å². The Bertz CT molecular complexity index is 493. The van der Waals surface area contributed by atoms with Crippen LogP contribution in [0, 0.1) is 0 Å². The summed E-state index contributed by atoms with van der Waals surface area (Å²) in [6.07, 6.45) is 0.897. The van der Waals surface area contributed by atoms with Gasteiger partial charge in [-0.3, -0.25) is 9.69 Å². The second-order valence-electron chi connectivity index (χ2n) is 5.06. The van der Waals surface area contributed by atoms with Crippen LogP contribution in [0.1, 0.15) is 13.3 Å². The summed E-state index contributed by atoms with van der Waals surface area (Å²) in [7, 11) is 3.61. The maximum Gasteiger partial charge on any atom is 0.241 e. The van der Waals surface area contributed by atoms with Gasteiger partial charge in [-0.15, -0.1) is 0 Å². The number of carbonyl (C=O) groups excluding carboxylic acids is 1. The highest BCUT2D eigenvalue weighted by Crippen LogP contribution is 2.34. The summed E-state index contributed by atoms with van der Waals surface area (Å²) in [5.41, 5.74) is 0.710. The van der Waals surface area contributed by atoms with Gasteiger partial charge in [-0.05, 0) is 32.5 Å². The highest BCUT2D eigenvalue weighted by Gasteiger charge is 2.19. The molecule has 1 aliphatic heterocycles. The fraction of sp³-hybridized carbons (Fsp3) is 0.533. The molecule has 0 bridgehead atoms. The molecule has 1 aromatic carbocycles. The second-order valence-corrected chi connectivity index (χ2v) is 5.06. The molecule has 2 rings (SSSR count). The molecule has 0 fully saturated rings. The Labute approximate surface area is 125 Å². The summed E-state index contributed by atoms with van der Waals surface area (Å²) in [4.78, 5) is 14.2. The molecule has 0 aromatic heterocycles. The van der Waals surface area contributed by atoms with Crippen LogP contribution in [-0.2, 0) is 9.53 Å². The van der Waals surface area contributed by atoms with Gasteiger partial charge in [0.2, 0.25) is 12.7 Å². The van der Waals surface area contributed by atoms with Crippen molar-refractivity contribution in [2.24, 2.45) is 0 Å². The Kier molecular flexibility index (Phi) is 5.41. The molecule has 0 saturated carbocycles. The van der Waals surface area contributed by atoms with Gasteiger partial charge in [0, 0.05) is 32.0 Å². The van der Waals surface area contributed by atoms with Crippen molar-refractivity contribution in [1.29, 1.82) is 0 Å². The molecule has 0 saturated heterocycles. The van der Waals surface area contributed by atoms with E-state index in [1.54, 1.807) is 19.2 Å². The van der Waals surface area contributed by atoms with E-state index >= 15 is 0 Å². The third-order valence-electron chi connectivity index (χ3n) is 3.54. The van der Waals surface area contributed by atoms with Gasteiger partial charge in [0.25, 0.3) is 0 Å². The Balaban J connectivity index is 1.88. The first-order chi connectivity index (χ1) is 10.1. The Hall–Kier alpha value is -1.79. The number of fused-ring (bicyclic) bond motifs is 1. The average Bonchev–Trinajstić information content (AvgIpc) is 2.94. The molecular weight excluding hydrogens is 272 g/mol. The molecule has 1 heterocycles. The summed E-state index contributed by atoms with van der Waals surface area (Å²) in [5.74, 6) is 1.32. The van der Waals surface area contributed by atoms with E-state index in [0.717, 1.165) is 13.0 Å². The number of benzene rings is 1. The van der Waals surface area contributed by atoms with Crippen LogP contribution in [0.5, 0.6) is 11.5 Å². The smallest absolute Gasteiger partial charge is 0.241 e. The summed E-state index contributed by atoms with van der Waals surface area (Å²) < 4.78 is 15.6. The van der Waals surface area contributed by atoms with E-state index in [1.807, 2.05) is 24.9 Å². The van der Waals surface area contributed by atoms with Gasteiger partial charge < -0.3 is 19.5 Å². The summed E-state index contributed by atoms with van der Waals surface area (Å²) in [6.45, 7) is 3.62. The number of likely N-dealkylation sites (N-methyl/N-ethyl adjacent to an activating group) is 1. The average molecular weight is 294 g/mol. The van der Waals surface area contributed by atoms with Crippen molar-refractivity contribution in [1.82, 2.24) is 4.90 Å². The molecule has 1 amide bonds. The number of anilines is 1. The number of hydrogen-bond donors (Lipinski definition) is 1. The third kappa shape index (κ3) is 4.09. The number of ether oxygens (including phenoxy) is 3. The lowest BCUT2D eigenvalue weighted by molar-refractivity contribution is -0.120. The first-order valence-corrected chi connectivity index (χ1v) is 7.01. The lowest BCUT2D eigenvalue weighted by Gasteiger charge is -2.23. The van der Waals surface area contributed by atoms with Crippen LogP contribution in [0.25, 0.3) is 0 Å². The van der Waals surface area contributed by atoms with Crippen LogP contribution in [0.3, 0.4) is 0 Å². The number of hydrogen-bond acceptors (Lipinski definition) is 5. The van der Waals surface area contributed by atoms with E-state index in [2.05, 4.69) is 5.32 Å². The number of carbonyl (C=O) groups is 1. The van der Waals surface area contributed by atoms with Crippen molar-refractivity contribution in [2.45, 2.75) is 19.4 Å². The van der Waals surface area contributed by atoms with Gasteiger partial charge in [-0.2, -0.15) is 0 Å². The van der Waals surface area contributed by atoms with E-state index in [9.17, 15) is 4.79 Å². The number of nitrogens with zero attached hydrogens (tertiary/aromatic N) is 1. The van der Waals surface area contributed by atoms with Crippen molar-refractivity contribution < 1.29 is 19.0 Å². The normalized spacial score (nSPS) is 14.3. The maximum absolute atomic E-state index is 12.2. The van der Waals surface area contributed by atoms with E-state index in [1.165, 1.54) is 0 Å². The second kappa shape index (κ2) is 7.28. The summed E-state index contributed by atoms with van der Waals surface area (Å²) in [6, 6.07) is 5.17. The monoisotopic (exact) mass is 294 g/mol. The van der Waals surface area contributed by atoms with Gasteiger partial charge in [0.15, 0.2) is 11.5 Å². The molecular formula is C15H22N2O4. The molecule has 116 valence electrons. The van der Waals surface area contributed by atoms with E-state index in [-0.39, 0.29) is 18.7 Å². The molecule has 6 heteroatoms. The standard InChI is InChI=1S/C15H22N2O4/c1-11(17(2)7-4-8-19-3)15(18)16-12-5-6-13-14(9-12)21-10-20-13/h5-6,9,11H,4,7-8,10H2,1-3H3,(H,16,18). The van der Waals surface area contributed by atoms with Gasteiger partial charge in [-0.1, -0.05) is 0 Å². The predicted molar refractivity (Wildman–Crippen MR) is 79.8 cm³/mol. The molecule has 0 aliphatic carbocycles. The zero-order valence-electron chi connectivity index (χ0n) is 12.7. The quantitative estimate of drug-likeness (QED) is 0.776. The Morgan fingerprint density at radius 1 is 1.43 bits per heavy atom. The van der Waals surface area contributed by atoms with Crippen LogP contribution in [0.15, 0.2) is 18.2 Å². The molecule has 1 aromatic rings. The van der Waals surface area contributed by atoms with Crippen molar-refractivity contribution in [3.05, 3.63) is 18.2 Å². The number of rotatable bonds is 7. The van der Waals surface area contributed by atoms with Crippen molar-refractivity contribution in [2.75, 3.05) is 39.4 Å². The molecule has 0 spiro atoms. The van der Waals surface area contributed by atoms with Crippen molar-refractivity contribution in [3.63, 3.8) is 0 Å². The Morgan fingerprint density at radius 3 is 2.95 bits per heavy atom. The van der Waals surface area contributed by atoms with E-state index < -0.39 is 0 Å². The van der Waals surface area contributed by atoms with Gasteiger partial charge >= 0.3 is 0 Å². The number of amides is 1. The molecule has 1 N–H and O–H groups in total.